The fourth-order valence-electron chi connectivity index (χ4n) is 4.41. The standard InChI is InChI=1S/C23H27ClN6O3/c1-13-11-26-12-18(27-13)21(32)28-17-6-4-5-16(20(17)24)23(3)10-19(31)30(22(25)29-23)15-7-8-33-14(2)9-15/h4-6,11-12,14-15H,7-10H2,1-3H3,(H2,25,29)(H,28,32)/t14-,15-,23+/m1/s1. The molecule has 1 saturated heterocycles. The van der Waals surface area contributed by atoms with Crippen LogP contribution in [-0.2, 0) is 15.1 Å². The van der Waals surface area contributed by atoms with Crippen molar-refractivity contribution >= 4 is 35.1 Å². The van der Waals surface area contributed by atoms with Gasteiger partial charge in [-0.3, -0.25) is 19.5 Å². The Morgan fingerprint density at radius 1 is 1.36 bits per heavy atom. The molecule has 3 atom stereocenters. The molecule has 3 heterocycles. The summed E-state index contributed by atoms with van der Waals surface area (Å²) in [5.41, 5.74) is 7.15. The molecule has 10 heteroatoms. The number of nitrogens with two attached hydrogens (primary N) is 1. The molecule has 33 heavy (non-hydrogen) atoms. The molecule has 4 rings (SSSR count). The van der Waals surface area contributed by atoms with Crippen LogP contribution in [0.5, 0.6) is 0 Å². The summed E-state index contributed by atoms with van der Waals surface area (Å²) in [7, 11) is 0. The van der Waals surface area contributed by atoms with Crippen LogP contribution in [0.25, 0.3) is 0 Å². The first-order chi connectivity index (χ1) is 15.7. The van der Waals surface area contributed by atoms with Crippen molar-refractivity contribution in [2.45, 2.75) is 57.7 Å². The number of halogens is 1. The molecule has 0 radical (unpaired) electrons. The molecule has 0 spiro atoms. The van der Waals surface area contributed by atoms with Crippen LogP contribution in [0.4, 0.5) is 5.69 Å². The highest BCUT2D eigenvalue weighted by atomic mass is 35.5. The minimum atomic E-state index is -0.963. The molecule has 1 aromatic heterocycles. The SMILES string of the molecule is Cc1cncc(C(=O)Nc2cccc([C@]3(C)CC(=O)N([C@@H]4CCO[C@H](C)C4)C(N)=N3)c2Cl)n1. The summed E-state index contributed by atoms with van der Waals surface area (Å²) in [5, 5.41) is 3.07. The van der Waals surface area contributed by atoms with Crippen LogP contribution in [0.3, 0.4) is 0 Å². The van der Waals surface area contributed by atoms with Gasteiger partial charge >= 0.3 is 0 Å². The zero-order chi connectivity index (χ0) is 23.8. The van der Waals surface area contributed by atoms with Gasteiger partial charge < -0.3 is 15.8 Å². The lowest BCUT2D eigenvalue weighted by Gasteiger charge is -2.41. The molecule has 0 saturated carbocycles. The molecule has 2 amide bonds. The summed E-state index contributed by atoms with van der Waals surface area (Å²) in [4.78, 5) is 40.3. The van der Waals surface area contributed by atoms with E-state index in [0.717, 1.165) is 0 Å². The number of nitrogens with zero attached hydrogens (tertiary/aromatic N) is 4. The Bertz CT molecular complexity index is 1120. The second-order valence-corrected chi connectivity index (χ2v) is 9.09. The average molecular weight is 471 g/mol. The van der Waals surface area contributed by atoms with Crippen LogP contribution in [-0.4, -0.2) is 51.4 Å². The van der Waals surface area contributed by atoms with Gasteiger partial charge in [-0.05, 0) is 39.7 Å². The summed E-state index contributed by atoms with van der Waals surface area (Å²) < 4.78 is 5.60. The molecule has 9 nitrogen and oxygen atoms in total. The predicted octanol–water partition coefficient (Wildman–Crippen LogP) is 3.02. The summed E-state index contributed by atoms with van der Waals surface area (Å²) >= 11 is 6.69. The molecular weight excluding hydrogens is 444 g/mol. The number of carbonyl (C=O) groups excluding carboxylic acids is 2. The molecule has 2 aliphatic heterocycles. The molecule has 2 aromatic rings. The van der Waals surface area contributed by atoms with Gasteiger partial charge in [0.15, 0.2) is 5.96 Å². The van der Waals surface area contributed by atoms with Crippen molar-refractivity contribution in [1.82, 2.24) is 14.9 Å². The maximum atomic E-state index is 13.2. The van der Waals surface area contributed by atoms with E-state index in [4.69, 9.17) is 27.1 Å². The minimum absolute atomic E-state index is 0.0360. The molecule has 174 valence electrons. The minimum Gasteiger partial charge on any atom is -0.378 e. The molecule has 0 aliphatic carbocycles. The number of hydrogen-bond acceptors (Lipinski definition) is 7. The fourth-order valence-corrected chi connectivity index (χ4v) is 4.79. The second kappa shape index (κ2) is 9.07. The van der Waals surface area contributed by atoms with Crippen LogP contribution >= 0.6 is 11.6 Å². The molecule has 0 bridgehead atoms. The van der Waals surface area contributed by atoms with E-state index < -0.39 is 11.4 Å². The van der Waals surface area contributed by atoms with Gasteiger partial charge in [-0.25, -0.2) is 9.98 Å². The maximum Gasteiger partial charge on any atom is 0.275 e. The lowest BCUT2D eigenvalue weighted by Crippen LogP contribution is -2.56. The number of aromatic nitrogens is 2. The smallest absolute Gasteiger partial charge is 0.275 e. The molecular formula is C23H27ClN6O3. The maximum absolute atomic E-state index is 13.2. The molecule has 0 unspecified atom stereocenters. The number of rotatable bonds is 4. The first-order valence-electron chi connectivity index (χ1n) is 10.9. The van der Waals surface area contributed by atoms with Gasteiger partial charge in [-0.1, -0.05) is 23.7 Å². The van der Waals surface area contributed by atoms with E-state index in [1.807, 2.05) is 13.8 Å². The number of anilines is 1. The summed E-state index contributed by atoms with van der Waals surface area (Å²) in [6.45, 7) is 6.14. The van der Waals surface area contributed by atoms with E-state index in [9.17, 15) is 9.59 Å². The molecule has 1 fully saturated rings. The molecule has 2 aliphatic rings. The Hall–Kier alpha value is -3.04. The number of carbonyl (C=O) groups is 2. The lowest BCUT2D eigenvalue weighted by atomic mass is 9.86. The zero-order valence-corrected chi connectivity index (χ0v) is 19.6. The van der Waals surface area contributed by atoms with Crippen molar-refractivity contribution in [2.24, 2.45) is 10.7 Å². The normalized spacial score (nSPS) is 25.5. The highest BCUT2D eigenvalue weighted by molar-refractivity contribution is 6.34. The van der Waals surface area contributed by atoms with Gasteiger partial charge in [0.1, 0.15) is 5.69 Å². The number of amides is 2. The van der Waals surface area contributed by atoms with Crippen molar-refractivity contribution < 1.29 is 14.3 Å². The summed E-state index contributed by atoms with van der Waals surface area (Å²) in [6.07, 6.45) is 4.55. The molecule has 1 aromatic carbocycles. The Morgan fingerprint density at radius 3 is 2.85 bits per heavy atom. The van der Waals surface area contributed by atoms with Crippen molar-refractivity contribution in [3.05, 3.63) is 52.6 Å². The number of aliphatic imine (C=N–C) groups is 1. The second-order valence-electron chi connectivity index (χ2n) is 8.71. The first-order valence-corrected chi connectivity index (χ1v) is 11.2. The predicted molar refractivity (Wildman–Crippen MR) is 125 cm³/mol. The van der Waals surface area contributed by atoms with Gasteiger partial charge in [0, 0.05) is 24.4 Å². The van der Waals surface area contributed by atoms with E-state index in [2.05, 4.69) is 15.3 Å². The number of aryl methyl sites for hydroxylation is 1. The largest absolute Gasteiger partial charge is 0.378 e. The Morgan fingerprint density at radius 2 is 2.15 bits per heavy atom. The highest BCUT2D eigenvalue weighted by Gasteiger charge is 2.42. The number of ether oxygens (including phenoxy) is 1. The van der Waals surface area contributed by atoms with E-state index in [-0.39, 0.29) is 36.1 Å². The highest BCUT2D eigenvalue weighted by Crippen LogP contribution is 2.41. The van der Waals surface area contributed by atoms with Crippen molar-refractivity contribution in [1.29, 1.82) is 0 Å². The Kier molecular flexibility index (Phi) is 6.36. The van der Waals surface area contributed by atoms with Crippen LogP contribution < -0.4 is 11.1 Å². The van der Waals surface area contributed by atoms with Gasteiger partial charge in [0.05, 0.1) is 40.7 Å². The third-order valence-corrected chi connectivity index (χ3v) is 6.42. The zero-order valence-electron chi connectivity index (χ0n) is 18.8. The van der Waals surface area contributed by atoms with Crippen LogP contribution in [0.15, 0.2) is 35.6 Å². The Balaban J connectivity index is 1.61. The fraction of sp³-hybridized carbons (Fsp3) is 0.435. The third-order valence-electron chi connectivity index (χ3n) is 6.01. The molecule has 3 N–H and O–H groups in total. The number of guanidine groups is 1. The monoisotopic (exact) mass is 470 g/mol. The topological polar surface area (TPSA) is 123 Å². The number of benzene rings is 1. The first kappa shape index (κ1) is 23.1. The van der Waals surface area contributed by atoms with Crippen molar-refractivity contribution in [3.8, 4) is 0 Å². The lowest BCUT2D eigenvalue weighted by molar-refractivity contribution is -0.133. The van der Waals surface area contributed by atoms with Crippen molar-refractivity contribution in [3.63, 3.8) is 0 Å². The number of nitrogens with one attached hydrogen (secondary N) is 1. The number of hydrogen-bond donors (Lipinski definition) is 2. The Labute approximate surface area is 197 Å². The summed E-state index contributed by atoms with van der Waals surface area (Å²) in [6, 6.07) is 5.20. The van der Waals surface area contributed by atoms with Crippen molar-refractivity contribution in [2.75, 3.05) is 11.9 Å². The van der Waals surface area contributed by atoms with Gasteiger partial charge in [0.2, 0.25) is 5.91 Å². The van der Waals surface area contributed by atoms with Crippen LogP contribution in [0.1, 0.15) is 54.9 Å². The quantitative estimate of drug-likeness (QED) is 0.708. The van der Waals surface area contributed by atoms with Gasteiger partial charge in [-0.2, -0.15) is 0 Å². The summed E-state index contributed by atoms with van der Waals surface area (Å²) in [5.74, 6) is -0.365. The average Bonchev–Trinajstić information content (AvgIpc) is 2.74. The van der Waals surface area contributed by atoms with E-state index >= 15 is 0 Å². The van der Waals surface area contributed by atoms with Crippen LogP contribution in [0.2, 0.25) is 5.02 Å². The van der Waals surface area contributed by atoms with Crippen LogP contribution in [0, 0.1) is 6.92 Å². The van der Waals surface area contributed by atoms with E-state index in [1.54, 1.807) is 36.2 Å². The van der Waals surface area contributed by atoms with E-state index in [0.29, 0.717) is 41.4 Å². The van der Waals surface area contributed by atoms with Gasteiger partial charge in [-0.15, -0.1) is 0 Å². The third kappa shape index (κ3) is 4.69. The van der Waals surface area contributed by atoms with E-state index in [1.165, 1.54) is 6.20 Å². The van der Waals surface area contributed by atoms with Gasteiger partial charge in [0.25, 0.3) is 5.91 Å².